The van der Waals surface area contributed by atoms with Crippen LogP contribution < -0.4 is 5.73 Å². The van der Waals surface area contributed by atoms with Crippen LogP contribution in [0.25, 0.3) is 0 Å². The number of hydrogen-bond acceptors (Lipinski definition) is 5. The molecule has 0 aromatic carbocycles. The van der Waals surface area contributed by atoms with E-state index >= 15 is 0 Å². The Hall–Kier alpha value is -0.690. The molecule has 0 aromatic heterocycles. The van der Waals surface area contributed by atoms with Crippen molar-refractivity contribution < 1.29 is 17.9 Å². The summed E-state index contributed by atoms with van der Waals surface area (Å²) in [7, 11) is -2.00. The van der Waals surface area contributed by atoms with Crippen molar-refractivity contribution in [2.24, 2.45) is 5.73 Å². The number of thiocarbonyl (C=S) groups is 1. The number of esters is 1. The molecule has 5 nitrogen and oxygen atoms in total. The Labute approximate surface area is 88.5 Å². The van der Waals surface area contributed by atoms with E-state index in [1.54, 1.807) is 0 Å². The van der Waals surface area contributed by atoms with Gasteiger partial charge in [0.2, 0.25) is 0 Å². The van der Waals surface area contributed by atoms with Crippen LogP contribution in [0.15, 0.2) is 0 Å². The minimum absolute atomic E-state index is 0.0527. The molecule has 0 atom stereocenters. The number of nitrogens with two attached hydrogens (primary N) is 1. The lowest BCUT2D eigenvalue weighted by atomic mass is 10.3. The van der Waals surface area contributed by atoms with Gasteiger partial charge in [-0.15, -0.1) is 0 Å². The zero-order chi connectivity index (χ0) is 11.2. The van der Waals surface area contributed by atoms with Gasteiger partial charge in [0.1, 0.15) is 5.75 Å². The van der Waals surface area contributed by atoms with Gasteiger partial charge in [0.05, 0.1) is 17.9 Å². The molecule has 0 amide bonds. The van der Waals surface area contributed by atoms with Crippen molar-refractivity contribution in [1.82, 2.24) is 0 Å². The van der Waals surface area contributed by atoms with Gasteiger partial charge in [0, 0.05) is 6.42 Å². The summed E-state index contributed by atoms with van der Waals surface area (Å²) in [6, 6.07) is 0. The third kappa shape index (κ3) is 6.79. The molecule has 0 radical (unpaired) electrons. The van der Waals surface area contributed by atoms with Crippen molar-refractivity contribution in [3.8, 4) is 0 Å². The quantitative estimate of drug-likeness (QED) is 0.503. The van der Waals surface area contributed by atoms with Gasteiger partial charge in [-0.05, 0) is 6.42 Å². The van der Waals surface area contributed by atoms with E-state index < -0.39 is 15.8 Å². The topological polar surface area (TPSA) is 86.5 Å². The van der Waals surface area contributed by atoms with E-state index in [9.17, 15) is 13.2 Å². The third-order valence-electron chi connectivity index (χ3n) is 1.43. The summed E-state index contributed by atoms with van der Waals surface area (Å²) in [6.07, 6.45) is 0.324. The van der Waals surface area contributed by atoms with Crippen molar-refractivity contribution in [2.75, 3.05) is 18.6 Å². The van der Waals surface area contributed by atoms with Crippen molar-refractivity contribution in [2.45, 2.75) is 12.8 Å². The average Bonchev–Trinajstić information content (AvgIpc) is 2.01. The molecule has 0 unspecified atom stereocenters. The Morgan fingerprint density at radius 2 is 2.07 bits per heavy atom. The van der Waals surface area contributed by atoms with Crippen molar-refractivity contribution in [3.05, 3.63) is 0 Å². The van der Waals surface area contributed by atoms with E-state index in [-0.39, 0.29) is 29.3 Å². The summed E-state index contributed by atoms with van der Waals surface area (Å²) in [5.74, 6) is -0.821. The van der Waals surface area contributed by atoms with Gasteiger partial charge >= 0.3 is 5.97 Å². The van der Waals surface area contributed by atoms with Gasteiger partial charge in [-0.25, -0.2) is 8.42 Å². The van der Waals surface area contributed by atoms with Gasteiger partial charge in [-0.2, -0.15) is 0 Å². The summed E-state index contributed by atoms with van der Waals surface area (Å²) >= 11 is 4.48. The molecule has 14 heavy (non-hydrogen) atoms. The zero-order valence-electron chi connectivity index (χ0n) is 7.86. The first-order chi connectivity index (χ1) is 6.37. The molecular formula is C7H13NO4S2. The molecule has 82 valence electrons. The Morgan fingerprint density at radius 3 is 2.50 bits per heavy atom. The van der Waals surface area contributed by atoms with E-state index in [0.717, 1.165) is 0 Å². The minimum Gasteiger partial charge on any atom is -0.469 e. The largest absolute Gasteiger partial charge is 0.469 e. The smallest absolute Gasteiger partial charge is 0.305 e. The van der Waals surface area contributed by atoms with Crippen LogP contribution in [0, 0.1) is 0 Å². The van der Waals surface area contributed by atoms with E-state index in [1.807, 2.05) is 0 Å². The maximum atomic E-state index is 11.2. The molecule has 0 aliphatic rings. The second-order valence-corrected chi connectivity index (χ2v) is 5.45. The standard InChI is InChI=1S/C7H13NO4S2/c1-12-7(9)3-2-4-14(10,11)5-6(8)13/h2-5H2,1H3,(H2,8,13). The second-order valence-electron chi connectivity index (χ2n) is 2.74. The molecule has 2 N–H and O–H groups in total. The van der Waals surface area contributed by atoms with Crippen LogP contribution in [0.5, 0.6) is 0 Å². The first kappa shape index (κ1) is 13.3. The number of carbonyl (C=O) groups is 1. The fourth-order valence-corrected chi connectivity index (χ4v) is 2.53. The lowest BCUT2D eigenvalue weighted by molar-refractivity contribution is -0.140. The molecule has 0 heterocycles. The van der Waals surface area contributed by atoms with E-state index in [0.29, 0.717) is 0 Å². The highest BCUT2D eigenvalue weighted by atomic mass is 32.2. The van der Waals surface area contributed by atoms with Gasteiger partial charge in [0.15, 0.2) is 9.84 Å². The van der Waals surface area contributed by atoms with Crippen LogP contribution in [-0.2, 0) is 19.4 Å². The van der Waals surface area contributed by atoms with Crippen LogP contribution >= 0.6 is 12.2 Å². The van der Waals surface area contributed by atoms with Gasteiger partial charge in [0.25, 0.3) is 0 Å². The van der Waals surface area contributed by atoms with Crippen LogP contribution in [-0.4, -0.2) is 38.0 Å². The summed E-state index contributed by atoms with van der Waals surface area (Å²) in [6.45, 7) is 0. The van der Waals surface area contributed by atoms with Crippen LogP contribution in [0.2, 0.25) is 0 Å². The predicted molar refractivity (Wildman–Crippen MR) is 56.7 cm³/mol. The zero-order valence-corrected chi connectivity index (χ0v) is 9.49. The molecule has 0 fully saturated rings. The first-order valence-corrected chi connectivity index (χ1v) is 6.16. The molecule has 0 saturated carbocycles. The molecular weight excluding hydrogens is 226 g/mol. The van der Waals surface area contributed by atoms with Gasteiger partial charge < -0.3 is 10.5 Å². The molecule has 0 aromatic rings. The molecule has 0 aliphatic heterocycles. The van der Waals surface area contributed by atoms with E-state index in [4.69, 9.17) is 5.73 Å². The maximum Gasteiger partial charge on any atom is 0.305 e. The Bertz CT molecular complexity index is 310. The molecule has 7 heteroatoms. The molecule has 0 bridgehead atoms. The van der Waals surface area contributed by atoms with Crippen molar-refractivity contribution in [3.63, 3.8) is 0 Å². The molecule has 0 aliphatic carbocycles. The van der Waals surface area contributed by atoms with E-state index in [1.165, 1.54) is 7.11 Å². The lowest BCUT2D eigenvalue weighted by Crippen LogP contribution is -2.23. The summed E-state index contributed by atoms with van der Waals surface area (Å²) in [5.41, 5.74) is 5.10. The molecule has 0 rings (SSSR count). The fourth-order valence-electron chi connectivity index (χ4n) is 0.827. The highest BCUT2D eigenvalue weighted by Crippen LogP contribution is 1.99. The van der Waals surface area contributed by atoms with Gasteiger partial charge in [-0.1, -0.05) is 12.2 Å². The van der Waals surface area contributed by atoms with Crippen LogP contribution in [0.4, 0.5) is 0 Å². The predicted octanol–water partition coefficient (Wildman–Crippen LogP) is -0.360. The Morgan fingerprint density at radius 1 is 1.50 bits per heavy atom. The third-order valence-corrected chi connectivity index (χ3v) is 3.41. The SMILES string of the molecule is COC(=O)CCCS(=O)(=O)CC(N)=S. The normalized spacial score (nSPS) is 10.9. The average molecular weight is 239 g/mol. The molecule has 0 spiro atoms. The van der Waals surface area contributed by atoms with Crippen LogP contribution in [0.1, 0.15) is 12.8 Å². The van der Waals surface area contributed by atoms with Gasteiger partial charge in [-0.3, -0.25) is 4.79 Å². The first-order valence-electron chi connectivity index (χ1n) is 3.93. The Balaban J connectivity index is 3.89. The summed E-state index contributed by atoms with van der Waals surface area (Å²) in [4.78, 5) is 10.6. The van der Waals surface area contributed by atoms with E-state index in [2.05, 4.69) is 17.0 Å². The maximum absolute atomic E-state index is 11.2. The number of hydrogen-bond donors (Lipinski definition) is 1. The Kier molecular flexibility index (Phi) is 5.63. The summed E-state index contributed by atoms with van der Waals surface area (Å²) in [5, 5.41) is 0. The lowest BCUT2D eigenvalue weighted by Gasteiger charge is -2.02. The molecule has 0 saturated heterocycles. The highest BCUT2D eigenvalue weighted by molar-refractivity contribution is 7.93. The number of methoxy groups -OCH3 is 1. The van der Waals surface area contributed by atoms with Crippen molar-refractivity contribution in [1.29, 1.82) is 0 Å². The monoisotopic (exact) mass is 239 g/mol. The fraction of sp³-hybridized carbons (Fsp3) is 0.714. The number of rotatable bonds is 6. The highest BCUT2D eigenvalue weighted by Gasteiger charge is 2.13. The number of sulfone groups is 1. The van der Waals surface area contributed by atoms with Crippen LogP contribution in [0.3, 0.4) is 0 Å². The number of carbonyl (C=O) groups excluding carboxylic acids is 1. The number of ether oxygens (including phenoxy) is 1. The minimum atomic E-state index is -3.26. The van der Waals surface area contributed by atoms with Crippen molar-refractivity contribution >= 4 is 33.0 Å². The summed E-state index contributed by atoms with van der Waals surface area (Å²) < 4.78 is 26.7. The second kappa shape index (κ2) is 5.92.